The zero-order chi connectivity index (χ0) is 23.9. The molecule has 4 unspecified atom stereocenters. The molecule has 4 aliphatic carbocycles. The molecule has 9 atom stereocenters. The molecule has 0 heterocycles. The highest BCUT2D eigenvalue weighted by atomic mass is 32.3. The minimum atomic E-state index is -4.67. The molecule has 0 aromatic heterocycles. The second-order valence-electron chi connectivity index (χ2n) is 11.7. The van der Waals surface area contributed by atoms with Crippen molar-refractivity contribution in [2.75, 3.05) is 0 Å². The third-order valence-corrected chi connectivity index (χ3v) is 10.2. The van der Waals surface area contributed by atoms with Crippen molar-refractivity contribution >= 4 is 16.4 Å². The van der Waals surface area contributed by atoms with Gasteiger partial charge in [-0.15, -0.1) is 0 Å². The Hall–Kier alpha value is -0.700. The van der Waals surface area contributed by atoms with Crippen molar-refractivity contribution in [2.24, 2.45) is 46.3 Å². The number of aliphatic hydroxyl groups excluding tert-OH is 1. The van der Waals surface area contributed by atoms with E-state index in [0.29, 0.717) is 29.1 Å². The number of carbonyl (C=O) groups is 1. The van der Waals surface area contributed by atoms with Crippen molar-refractivity contribution in [1.29, 1.82) is 0 Å². The summed E-state index contributed by atoms with van der Waals surface area (Å²) >= 11 is 0. The van der Waals surface area contributed by atoms with E-state index in [2.05, 4.69) is 20.8 Å². The molecule has 0 aromatic rings. The number of carboxylic acid groups (broad SMARTS) is 1. The average molecular weight is 475 g/mol. The first-order valence-corrected chi connectivity index (χ1v) is 13.7. The van der Waals surface area contributed by atoms with Gasteiger partial charge in [0.2, 0.25) is 0 Å². The van der Waals surface area contributed by atoms with Crippen LogP contribution >= 0.6 is 0 Å². The Morgan fingerprint density at radius 3 is 2.19 bits per heavy atom. The van der Waals surface area contributed by atoms with Crippen LogP contribution in [0.5, 0.6) is 0 Å². The fourth-order valence-electron chi connectivity index (χ4n) is 8.76. The highest BCUT2D eigenvalue weighted by Crippen LogP contribution is 2.68. The molecular weight excluding hydrogens is 432 g/mol. The Kier molecular flexibility index (Phi) is 7.70. The Morgan fingerprint density at radius 1 is 0.969 bits per heavy atom. The molecule has 0 spiro atoms. The Balaban J connectivity index is 0.000000523. The minimum absolute atomic E-state index is 0.0561. The van der Waals surface area contributed by atoms with Gasteiger partial charge in [-0.1, -0.05) is 20.8 Å². The number of aliphatic carboxylic acids is 1. The molecule has 4 rings (SSSR count). The number of hydrogen-bond acceptors (Lipinski definition) is 4. The summed E-state index contributed by atoms with van der Waals surface area (Å²) in [6.07, 6.45) is 12.4. The summed E-state index contributed by atoms with van der Waals surface area (Å²) < 4.78 is 31.6. The molecule has 0 radical (unpaired) electrons. The van der Waals surface area contributed by atoms with E-state index in [1.54, 1.807) is 0 Å². The van der Waals surface area contributed by atoms with E-state index in [1.165, 1.54) is 44.9 Å². The lowest BCUT2D eigenvalue weighted by Gasteiger charge is -2.61. The van der Waals surface area contributed by atoms with Crippen LogP contribution in [0.3, 0.4) is 0 Å². The van der Waals surface area contributed by atoms with E-state index in [1.807, 2.05) is 0 Å². The van der Waals surface area contributed by atoms with Crippen LogP contribution in [0.1, 0.15) is 91.4 Å². The Labute approximate surface area is 192 Å². The molecule has 4 fully saturated rings. The summed E-state index contributed by atoms with van der Waals surface area (Å²) in [6, 6.07) is 0. The van der Waals surface area contributed by atoms with Crippen molar-refractivity contribution < 1.29 is 32.5 Å². The molecule has 186 valence electrons. The summed E-state index contributed by atoms with van der Waals surface area (Å²) in [5.74, 6) is 3.91. The maximum atomic E-state index is 11.0. The first-order valence-electron chi connectivity index (χ1n) is 12.4. The van der Waals surface area contributed by atoms with E-state index in [-0.39, 0.29) is 6.10 Å². The number of hydrogen-bond donors (Lipinski definition) is 4. The number of carboxylic acids is 1. The third kappa shape index (κ3) is 5.34. The Morgan fingerprint density at radius 2 is 1.56 bits per heavy atom. The molecule has 0 amide bonds. The Bertz CT molecular complexity index is 775. The summed E-state index contributed by atoms with van der Waals surface area (Å²) in [7, 11) is -4.67. The number of fused-ring (bicyclic) bond motifs is 5. The first kappa shape index (κ1) is 25.9. The van der Waals surface area contributed by atoms with Crippen LogP contribution in [-0.4, -0.2) is 39.8 Å². The predicted molar refractivity (Wildman–Crippen MR) is 121 cm³/mol. The lowest BCUT2D eigenvalue weighted by Crippen LogP contribution is -2.54. The standard InChI is InChI=1S/C24H40O3.H2O4S/c1-15(4-9-22(26)27)19-7-8-20-18-6-5-16-14-17(25)10-12-23(16,2)21(18)11-13-24(19,20)3;1-5(2,3)4/h15-21,25H,4-14H2,1-3H3,(H,26,27);(H2,1,2,3,4)/t15-,16?,17-,18?,19-,20?,21?,23+,24-;/m1./s1. The molecule has 4 aliphatic rings. The molecule has 4 N–H and O–H groups in total. The summed E-state index contributed by atoms with van der Waals surface area (Å²) in [6.45, 7) is 7.43. The molecule has 0 bridgehead atoms. The van der Waals surface area contributed by atoms with Crippen LogP contribution < -0.4 is 0 Å². The highest BCUT2D eigenvalue weighted by molar-refractivity contribution is 7.79. The number of rotatable bonds is 4. The van der Waals surface area contributed by atoms with Gasteiger partial charge in [0.05, 0.1) is 6.10 Å². The molecule has 7 nitrogen and oxygen atoms in total. The van der Waals surface area contributed by atoms with E-state index in [9.17, 15) is 9.90 Å². The van der Waals surface area contributed by atoms with Crippen LogP contribution in [0.2, 0.25) is 0 Å². The zero-order valence-electron chi connectivity index (χ0n) is 19.7. The van der Waals surface area contributed by atoms with Gasteiger partial charge in [-0.3, -0.25) is 13.9 Å². The summed E-state index contributed by atoms with van der Waals surface area (Å²) in [5, 5.41) is 19.3. The van der Waals surface area contributed by atoms with Crippen LogP contribution in [0.15, 0.2) is 0 Å². The SMILES string of the molecule is C[C@H](CCC(=O)O)[C@H]1CCC2C3CCC4C[C@H](O)CC[C@]4(C)C3CC[C@@]21C.O=S(=O)(O)O. The van der Waals surface area contributed by atoms with Gasteiger partial charge >= 0.3 is 16.4 Å². The van der Waals surface area contributed by atoms with Gasteiger partial charge < -0.3 is 10.2 Å². The van der Waals surface area contributed by atoms with Gasteiger partial charge in [0.1, 0.15) is 0 Å². The lowest BCUT2D eigenvalue weighted by atomic mass is 9.44. The summed E-state index contributed by atoms with van der Waals surface area (Å²) in [5.41, 5.74) is 0.882. The van der Waals surface area contributed by atoms with Crippen LogP contribution in [0, 0.1) is 46.3 Å². The first-order chi connectivity index (χ1) is 14.8. The second kappa shape index (κ2) is 9.51. The molecule has 4 saturated carbocycles. The van der Waals surface area contributed by atoms with Crippen molar-refractivity contribution in [1.82, 2.24) is 0 Å². The lowest BCUT2D eigenvalue weighted by molar-refractivity contribution is -0.138. The van der Waals surface area contributed by atoms with Gasteiger partial charge in [0.25, 0.3) is 0 Å². The fourth-order valence-corrected chi connectivity index (χ4v) is 8.76. The fraction of sp³-hybridized carbons (Fsp3) is 0.958. The van der Waals surface area contributed by atoms with Crippen LogP contribution in [0.4, 0.5) is 0 Å². The minimum Gasteiger partial charge on any atom is -0.481 e. The van der Waals surface area contributed by atoms with E-state index >= 15 is 0 Å². The maximum absolute atomic E-state index is 11.0. The monoisotopic (exact) mass is 474 g/mol. The molecule has 0 aromatic carbocycles. The molecule has 0 aliphatic heterocycles. The zero-order valence-corrected chi connectivity index (χ0v) is 20.6. The van der Waals surface area contributed by atoms with Crippen molar-refractivity contribution in [2.45, 2.75) is 97.5 Å². The quantitative estimate of drug-likeness (QED) is 0.428. The second-order valence-corrected chi connectivity index (χ2v) is 12.6. The molecule has 8 heteroatoms. The van der Waals surface area contributed by atoms with Crippen molar-refractivity contribution in [3.63, 3.8) is 0 Å². The van der Waals surface area contributed by atoms with Gasteiger partial charge in [0.15, 0.2) is 0 Å². The van der Waals surface area contributed by atoms with E-state index in [0.717, 1.165) is 42.9 Å². The smallest absolute Gasteiger partial charge is 0.394 e. The van der Waals surface area contributed by atoms with Crippen molar-refractivity contribution in [3.05, 3.63) is 0 Å². The number of aliphatic hydroxyl groups is 1. The topological polar surface area (TPSA) is 132 Å². The van der Waals surface area contributed by atoms with Crippen LogP contribution in [0.25, 0.3) is 0 Å². The van der Waals surface area contributed by atoms with Crippen molar-refractivity contribution in [3.8, 4) is 0 Å². The van der Waals surface area contributed by atoms with Gasteiger partial charge in [0, 0.05) is 6.42 Å². The normalized spacial score (nSPS) is 44.3. The third-order valence-electron chi connectivity index (χ3n) is 10.2. The van der Waals surface area contributed by atoms with E-state index < -0.39 is 16.4 Å². The average Bonchev–Trinajstić information content (AvgIpc) is 3.02. The molecule has 32 heavy (non-hydrogen) atoms. The van der Waals surface area contributed by atoms with Gasteiger partial charge in [-0.05, 0) is 111 Å². The van der Waals surface area contributed by atoms with E-state index in [4.69, 9.17) is 22.6 Å². The largest absolute Gasteiger partial charge is 0.481 e. The highest BCUT2D eigenvalue weighted by Gasteiger charge is 2.60. The molecule has 0 saturated heterocycles. The van der Waals surface area contributed by atoms with Crippen LogP contribution in [-0.2, 0) is 15.2 Å². The van der Waals surface area contributed by atoms with Gasteiger partial charge in [-0.25, -0.2) is 0 Å². The van der Waals surface area contributed by atoms with Gasteiger partial charge in [-0.2, -0.15) is 8.42 Å². The predicted octanol–water partition coefficient (Wildman–Crippen LogP) is 4.85. The summed E-state index contributed by atoms with van der Waals surface area (Å²) in [4.78, 5) is 11.0. The molecular formula is C24H42O7S. The maximum Gasteiger partial charge on any atom is 0.394 e.